The highest BCUT2D eigenvalue weighted by Gasteiger charge is 2.34. The van der Waals surface area contributed by atoms with Crippen molar-refractivity contribution in [3.8, 4) is 5.75 Å². The average molecular weight is 368 g/mol. The van der Waals surface area contributed by atoms with E-state index in [1.54, 1.807) is 6.08 Å². The van der Waals surface area contributed by atoms with Gasteiger partial charge < -0.3 is 4.74 Å². The van der Waals surface area contributed by atoms with Crippen molar-refractivity contribution >= 4 is 29.0 Å². The number of aryl methyl sites for hydroxylation is 3. The zero-order chi connectivity index (χ0) is 18.7. The van der Waals surface area contributed by atoms with Crippen molar-refractivity contribution < 1.29 is 14.3 Å². The van der Waals surface area contributed by atoms with Crippen LogP contribution in [-0.2, 0) is 4.79 Å². The Hall–Kier alpha value is -2.60. The molecule has 0 N–H and O–H groups in total. The Morgan fingerprint density at radius 2 is 1.96 bits per heavy atom. The van der Waals surface area contributed by atoms with Gasteiger partial charge in [0.05, 0.1) is 17.1 Å². The number of aromatic nitrogens is 1. The molecule has 3 rings (SSSR count). The van der Waals surface area contributed by atoms with Crippen molar-refractivity contribution in [2.45, 2.75) is 20.8 Å². The summed E-state index contributed by atoms with van der Waals surface area (Å²) < 4.78 is 5.76. The van der Waals surface area contributed by atoms with E-state index in [0.29, 0.717) is 10.6 Å². The molecule has 6 heteroatoms. The summed E-state index contributed by atoms with van der Waals surface area (Å²) in [6, 6.07) is 11.5. The van der Waals surface area contributed by atoms with Gasteiger partial charge in [0.1, 0.15) is 12.4 Å². The molecular weight excluding hydrogens is 348 g/mol. The van der Waals surface area contributed by atoms with Crippen LogP contribution in [0, 0.1) is 20.8 Å². The summed E-state index contributed by atoms with van der Waals surface area (Å²) >= 11 is 0.937. The van der Waals surface area contributed by atoms with Crippen LogP contribution in [0.4, 0.5) is 4.79 Å². The molecule has 0 radical (unpaired) electrons. The number of nitrogens with zero attached hydrogens (tertiary/aromatic N) is 2. The lowest BCUT2D eigenvalue weighted by molar-refractivity contribution is -0.123. The van der Waals surface area contributed by atoms with Crippen molar-refractivity contribution in [1.29, 1.82) is 0 Å². The number of ether oxygens (including phenoxy) is 1. The molecule has 1 aliphatic rings. The van der Waals surface area contributed by atoms with Crippen molar-refractivity contribution in [2.75, 3.05) is 13.2 Å². The van der Waals surface area contributed by atoms with Gasteiger partial charge in [0.2, 0.25) is 0 Å². The molecule has 1 fully saturated rings. The average Bonchev–Trinajstić information content (AvgIpc) is 2.85. The molecule has 0 saturated carbocycles. The van der Waals surface area contributed by atoms with Gasteiger partial charge in [-0.2, -0.15) is 0 Å². The van der Waals surface area contributed by atoms with E-state index < -0.39 is 0 Å². The van der Waals surface area contributed by atoms with Crippen LogP contribution in [0.5, 0.6) is 5.75 Å². The number of thioether (sulfide) groups is 1. The molecule has 2 heterocycles. The molecular formula is C20H20N2O3S. The second-order valence-electron chi connectivity index (χ2n) is 6.15. The summed E-state index contributed by atoms with van der Waals surface area (Å²) in [4.78, 5) is 30.6. The van der Waals surface area contributed by atoms with Crippen LogP contribution in [0.3, 0.4) is 0 Å². The predicted molar refractivity (Wildman–Crippen MR) is 103 cm³/mol. The summed E-state index contributed by atoms with van der Waals surface area (Å²) in [6.45, 7) is 6.32. The van der Waals surface area contributed by atoms with E-state index in [4.69, 9.17) is 4.74 Å². The molecule has 1 saturated heterocycles. The summed E-state index contributed by atoms with van der Waals surface area (Å²) in [5, 5.41) is -0.279. The molecule has 0 bridgehead atoms. The van der Waals surface area contributed by atoms with Crippen LogP contribution in [0.1, 0.15) is 22.5 Å². The molecule has 1 aromatic heterocycles. The maximum absolute atomic E-state index is 12.5. The number of carbonyl (C=O) groups is 2. The minimum Gasteiger partial charge on any atom is -0.491 e. The highest BCUT2D eigenvalue weighted by atomic mass is 32.2. The Balaban J connectivity index is 1.65. The lowest BCUT2D eigenvalue weighted by atomic mass is 10.1. The maximum Gasteiger partial charge on any atom is 0.293 e. The van der Waals surface area contributed by atoms with Crippen LogP contribution in [0.25, 0.3) is 6.08 Å². The lowest BCUT2D eigenvalue weighted by Gasteiger charge is -2.14. The highest BCUT2D eigenvalue weighted by Crippen LogP contribution is 2.31. The summed E-state index contributed by atoms with van der Waals surface area (Å²) in [7, 11) is 0. The van der Waals surface area contributed by atoms with Gasteiger partial charge in [-0.3, -0.25) is 19.5 Å². The minimum atomic E-state index is -0.298. The molecule has 134 valence electrons. The first-order chi connectivity index (χ1) is 12.4. The number of carbonyl (C=O) groups excluding carboxylic acids is 2. The molecule has 26 heavy (non-hydrogen) atoms. The smallest absolute Gasteiger partial charge is 0.293 e. The standard InChI is InChI=1S/C20H20N2O3S/c1-13-7-8-14(2)17(11-13)25-10-9-22-19(23)18(26-20(22)24)12-16-6-4-5-15(3)21-16/h4-8,11-12H,9-10H2,1-3H3/b18-12-. The van der Waals surface area contributed by atoms with E-state index in [2.05, 4.69) is 4.98 Å². The minimum absolute atomic E-state index is 0.219. The van der Waals surface area contributed by atoms with E-state index >= 15 is 0 Å². The van der Waals surface area contributed by atoms with Gasteiger partial charge >= 0.3 is 0 Å². The Morgan fingerprint density at radius 3 is 2.73 bits per heavy atom. The van der Waals surface area contributed by atoms with Gasteiger partial charge in [0.15, 0.2) is 0 Å². The molecule has 5 nitrogen and oxygen atoms in total. The third-order valence-electron chi connectivity index (χ3n) is 3.98. The first-order valence-corrected chi connectivity index (χ1v) is 9.15. The van der Waals surface area contributed by atoms with E-state index in [0.717, 1.165) is 34.3 Å². The molecule has 1 aliphatic heterocycles. The molecule has 0 atom stereocenters. The zero-order valence-electron chi connectivity index (χ0n) is 15.0. The van der Waals surface area contributed by atoms with Crippen molar-refractivity contribution in [3.63, 3.8) is 0 Å². The molecule has 0 unspecified atom stereocenters. The Kier molecular flexibility index (Phi) is 5.42. The largest absolute Gasteiger partial charge is 0.491 e. The second kappa shape index (κ2) is 7.74. The lowest BCUT2D eigenvalue weighted by Crippen LogP contribution is -2.32. The van der Waals surface area contributed by atoms with Gasteiger partial charge in [-0.05, 0) is 67.9 Å². The first kappa shape index (κ1) is 18.2. The van der Waals surface area contributed by atoms with Crippen molar-refractivity contribution in [2.24, 2.45) is 0 Å². The number of hydrogen-bond donors (Lipinski definition) is 0. The third-order valence-corrected chi connectivity index (χ3v) is 4.89. The van der Waals surface area contributed by atoms with Crippen LogP contribution >= 0.6 is 11.8 Å². The fraction of sp³-hybridized carbons (Fsp3) is 0.250. The summed E-state index contributed by atoms with van der Waals surface area (Å²) in [5.74, 6) is 0.476. The van der Waals surface area contributed by atoms with Crippen molar-refractivity contribution in [1.82, 2.24) is 9.88 Å². The Bertz CT molecular complexity index is 892. The Morgan fingerprint density at radius 1 is 1.15 bits per heavy atom. The number of imide groups is 1. The molecule has 0 aliphatic carbocycles. The van der Waals surface area contributed by atoms with Gasteiger partial charge in [0, 0.05) is 5.69 Å². The van der Waals surface area contributed by atoms with E-state index in [1.807, 2.05) is 57.2 Å². The normalized spacial score (nSPS) is 15.8. The maximum atomic E-state index is 12.5. The van der Waals surface area contributed by atoms with Gasteiger partial charge in [0.25, 0.3) is 11.1 Å². The fourth-order valence-electron chi connectivity index (χ4n) is 2.58. The van der Waals surface area contributed by atoms with E-state index in [-0.39, 0.29) is 24.3 Å². The zero-order valence-corrected chi connectivity index (χ0v) is 15.8. The molecule has 2 amide bonds. The van der Waals surface area contributed by atoms with Crippen molar-refractivity contribution in [3.05, 3.63) is 63.8 Å². The summed E-state index contributed by atoms with van der Waals surface area (Å²) in [5.41, 5.74) is 3.66. The Labute approximate surface area is 157 Å². The number of rotatable bonds is 5. The molecule has 0 spiro atoms. The van der Waals surface area contributed by atoms with Gasteiger partial charge in [-0.15, -0.1) is 0 Å². The fourth-order valence-corrected chi connectivity index (χ4v) is 3.43. The summed E-state index contributed by atoms with van der Waals surface area (Å²) in [6.07, 6.45) is 1.66. The van der Waals surface area contributed by atoms with E-state index in [1.165, 1.54) is 4.90 Å². The number of pyridine rings is 1. The number of amides is 2. The highest BCUT2D eigenvalue weighted by molar-refractivity contribution is 8.18. The van der Waals surface area contributed by atoms with E-state index in [9.17, 15) is 9.59 Å². The van der Waals surface area contributed by atoms with Crippen LogP contribution in [0.2, 0.25) is 0 Å². The van der Waals surface area contributed by atoms with Gasteiger partial charge in [-0.1, -0.05) is 18.2 Å². The third kappa shape index (κ3) is 4.14. The topological polar surface area (TPSA) is 59.5 Å². The first-order valence-electron chi connectivity index (χ1n) is 8.33. The van der Waals surface area contributed by atoms with Crippen LogP contribution < -0.4 is 4.74 Å². The molecule has 1 aromatic carbocycles. The number of hydrogen-bond acceptors (Lipinski definition) is 5. The second-order valence-corrected chi connectivity index (χ2v) is 7.15. The molecule has 2 aromatic rings. The SMILES string of the molecule is Cc1ccc(C)c(OCCN2C(=O)S/C(=C\c3cccc(C)n3)C2=O)c1. The van der Waals surface area contributed by atoms with Crippen LogP contribution in [-0.4, -0.2) is 34.2 Å². The van der Waals surface area contributed by atoms with Crippen LogP contribution in [0.15, 0.2) is 41.3 Å². The quantitative estimate of drug-likeness (QED) is 0.743. The predicted octanol–water partition coefficient (Wildman–Crippen LogP) is 4.12. The number of benzene rings is 1. The monoisotopic (exact) mass is 368 g/mol. The van der Waals surface area contributed by atoms with Gasteiger partial charge in [-0.25, -0.2) is 0 Å².